The molecule has 3 aromatic rings. The van der Waals surface area contributed by atoms with Gasteiger partial charge in [0, 0.05) is 37.0 Å². The van der Waals surface area contributed by atoms with Crippen molar-refractivity contribution in [1.29, 1.82) is 0 Å². The highest BCUT2D eigenvalue weighted by molar-refractivity contribution is 7.90. The fourth-order valence-corrected chi connectivity index (χ4v) is 7.68. The van der Waals surface area contributed by atoms with Gasteiger partial charge in [-0.15, -0.1) is 0 Å². The van der Waals surface area contributed by atoms with Gasteiger partial charge in [-0.05, 0) is 48.6 Å². The van der Waals surface area contributed by atoms with E-state index in [0.717, 1.165) is 42.0 Å². The van der Waals surface area contributed by atoms with E-state index in [1.54, 1.807) is 29.2 Å². The van der Waals surface area contributed by atoms with Gasteiger partial charge < -0.3 is 10.2 Å². The minimum Gasteiger partial charge on any atom is -0.352 e. The van der Waals surface area contributed by atoms with Gasteiger partial charge in [-0.2, -0.15) is 0 Å². The first-order valence-corrected chi connectivity index (χ1v) is 16.6. The SMILES string of the molecule is O=C(NC1CCCCC1)C(Cc1ccccc1)N(Cc1ccccc1Cl)C(=O)CCCN1C(=O)c2ccccc2S1(=O)=O. The first-order chi connectivity index (χ1) is 20.8. The molecule has 43 heavy (non-hydrogen) atoms. The van der Waals surface area contributed by atoms with Gasteiger partial charge in [0.2, 0.25) is 11.8 Å². The van der Waals surface area contributed by atoms with Gasteiger partial charge in [0.1, 0.15) is 10.9 Å². The summed E-state index contributed by atoms with van der Waals surface area (Å²) >= 11 is 6.51. The van der Waals surface area contributed by atoms with Crippen molar-refractivity contribution in [3.8, 4) is 0 Å². The Morgan fingerprint density at radius 1 is 0.930 bits per heavy atom. The molecule has 0 spiro atoms. The number of sulfonamides is 1. The summed E-state index contributed by atoms with van der Waals surface area (Å²) in [5.41, 5.74) is 1.75. The van der Waals surface area contributed by atoms with E-state index < -0.39 is 22.0 Å². The molecule has 1 fully saturated rings. The Bertz CT molecular complexity index is 1570. The van der Waals surface area contributed by atoms with Crippen molar-refractivity contribution in [2.45, 2.75) is 74.9 Å². The summed E-state index contributed by atoms with van der Waals surface area (Å²) in [5, 5.41) is 3.69. The molecule has 3 aromatic carbocycles. The predicted octanol–water partition coefficient (Wildman–Crippen LogP) is 5.35. The molecule has 226 valence electrons. The molecule has 3 amide bonds. The van der Waals surface area contributed by atoms with Crippen molar-refractivity contribution in [2.75, 3.05) is 6.54 Å². The third-order valence-electron chi connectivity index (χ3n) is 8.19. The number of rotatable bonds is 11. The Balaban J connectivity index is 1.38. The van der Waals surface area contributed by atoms with Gasteiger partial charge in [0.05, 0.1) is 5.56 Å². The van der Waals surface area contributed by atoms with Crippen LogP contribution in [-0.2, 0) is 32.6 Å². The molecule has 5 rings (SSSR count). The van der Waals surface area contributed by atoms with Crippen molar-refractivity contribution in [1.82, 2.24) is 14.5 Å². The molecular weight excluding hydrogens is 586 g/mol. The van der Waals surface area contributed by atoms with Gasteiger partial charge in [0.15, 0.2) is 0 Å². The molecule has 1 atom stereocenters. The lowest BCUT2D eigenvalue weighted by Crippen LogP contribution is -2.53. The number of halogens is 1. The minimum absolute atomic E-state index is 0.0195. The molecule has 1 saturated carbocycles. The van der Waals surface area contributed by atoms with Crippen LogP contribution in [0.4, 0.5) is 0 Å². The third-order valence-corrected chi connectivity index (χ3v) is 10.4. The van der Waals surface area contributed by atoms with Gasteiger partial charge >= 0.3 is 0 Å². The molecule has 10 heteroatoms. The topological polar surface area (TPSA) is 104 Å². The van der Waals surface area contributed by atoms with Crippen LogP contribution in [0.15, 0.2) is 83.8 Å². The molecule has 0 saturated heterocycles. The zero-order chi connectivity index (χ0) is 30.4. The van der Waals surface area contributed by atoms with Crippen LogP contribution < -0.4 is 5.32 Å². The van der Waals surface area contributed by atoms with Crippen LogP contribution in [0, 0.1) is 0 Å². The first-order valence-electron chi connectivity index (χ1n) is 14.8. The first kappa shape index (κ1) is 30.8. The lowest BCUT2D eigenvalue weighted by atomic mass is 9.94. The van der Waals surface area contributed by atoms with Crippen LogP contribution >= 0.6 is 11.6 Å². The van der Waals surface area contributed by atoms with E-state index in [0.29, 0.717) is 17.0 Å². The number of carbonyl (C=O) groups is 3. The molecule has 1 aliphatic heterocycles. The Morgan fingerprint density at radius 2 is 1.60 bits per heavy atom. The van der Waals surface area contributed by atoms with Gasteiger partial charge in [0.25, 0.3) is 15.9 Å². The maximum Gasteiger partial charge on any atom is 0.269 e. The number of nitrogens with one attached hydrogen (secondary N) is 1. The summed E-state index contributed by atoms with van der Waals surface area (Å²) in [6.45, 7) is -0.0282. The second kappa shape index (κ2) is 13.7. The molecule has 1 N–H and O–H groups in total. The lowest BCUT2D eigenvalue weighted by molar-refractivity contribution is -0.141. The van der Waals surface area contributed by atoms with Crippen LogP contribution in [0.25, 0.3) is 0 Å². The van der Waals surface area contributed by atoms with Crippen LogP contribution in [0.3, 0.4) is 0 Å². The third kappa shape index (κ3) is 7.11. The summed E-state index contributed by atoms with van der Waals surface area (Å²) in [6.07, 6.45) is 5.44. The Labute approximate surface area is 258 Å². The maximum absolute atomic E-state index is 14.0. The van der Waals surface area contributed by atoms with Crippen molar-refractivity contribution in [3.05, 3.63) is 101 Å². The van der Waals surface area contributed by atoms with E-state index in [2.05, 4.69) is 5.32 Å². The zero-order valence-electron chi connectivity index (χ0n) is 24.0. The molecular formula is C33H36ClN3O5S. The zero-order valence-corrected chi connectivity index (χ0v) is 25.5. The molecule has 0 bridgehead atoms. The number of nitrogens with zero attached hydrogens (tertiary/aromatic N) is 2. The van der Waals surface area contributed by atoms with E-state index in [1.165, 1.54) is 12.1 Å². The highest BCUT2D eigenvalue weighted by atomic mass is 35.5. The van der Waals surface area contributed by atoms with Gasteiger partial charge in [-0.1, -0.05) is 91.5 Å². The Kier molecular flexibility index (Phi) is 9.82. The Hall–Kier alpha value is -3.69. The van der Waals surface area contributed by atoms with E-state index >= 15 is 0 Å². The van der Waals surface area contributed by atoms with E-state index in [-0.39, 0.29) is 54.2 Å². The average molecular weight is 622 g/mol. The van der Waals surface area contributed by atoms with Crippen molar-refractivity contribution in [2.24, 2.45) is 0 Å². The second-order valence-corrected chi connectivity index (χ2v) is 13.4. The standard InChI is InChI=1S/C33H36ClN3O5S/c34-28-18-9-7-14-25(28)23-36(29(22-24-12-3-1-4-13-24)32(39)35-26-15-5-2-6-16-26)31(38)20-11-21-37-33(40)27-17-8-10-19-30(27)43(37,41)42/h1,3-4,7-10,12-14,17-19,26,29H,2,5-6,11,15-16,20-23H2,(H,35,39). The predicted molar refractivity (Wildman–Crippen MR) is 165 cm³/mol. The average Bonchev–Trinajstić information content (AvgIpc) is 3.21. The number of carbonyl (C=O) groups excluding carboxylic acids is 3. The van der Waals surface area contributed by atoms with E-state index in [1.807, 2.05) is 42.5 Å². The fourth-order valence-electron chi connectivity index (χ4n) is 5.88. The van der Waals surface area contributed by atoms with Crippen molar-refractivity contribution >= 4 is 39.3 Å². The minimum atomic E-state index is -3.98. The quantitative estimate of drug-likeness (QED) is 0.311. The number of hydrogen-bond acceptors (Lipinski definition) is 5. The molecule has 1 aliphatic carbocycles. The van der Waals surface area contributed by atoms with Crippen molar-refractivity contribution in [3.63, 3.8) is 0 Å². The highest BCUT2D eigenvalue weighted by Gasteiger charge is 2.40. The van der Waals surface area contributed by atoms with Crippen LogP contribution in [0.1, 0.15) is 66.4 Å². The second-order valence-electron chi connectivity index (χ2n) is 11.1. The lowest BCUT2D eigenvalue weighted by Gasteiger charge is -2.34. The van der Waals surface area contributed by atoms with Crippen LogP contribution in [0.2, 0.25) is 5.02 Å². The highest BCUT2D eigenvalue weighted by Crippen LogP contribution is 2.30. The van der Waals surface area contributed by atoms with Crippen molar-refractivity contribution < 1.29 is 22.8 Å². The van der Waals surface area contributed by atoms with Gasteiger partial charge in [-0.3, -0.25) is 14.4 Å². The van der Waals surface area contributed by atoms with E-state index in [4.69, 9.17) is 11.6 Å². The normalized spacial score (nSPS) is 16.9. The summed E-state index contributed by atoms with van der Waals surface area (Å²) < 4.78 is 26.9. The number of amides is 3. The molecule has 1 unspecified atom stereocenters. The number of benzene rings is 3. The molecule has 0 radical (unpaired) electrons. The van der Waals surface area contributed by atoms with Crippen LogP contribution in [-0.4, -0.2) is 54.0 Å². The smallest absolute Gasteiger partial charge is 0.269 e. The van der Waals surface area contributed by atoms with Crippen LogP contribution in [0.5, 0.6) is 0 Å². The van der Waals surface area contributed by atoms with E-state index in [9.17, 15) is 22.8 Å². The molecule has 2 aliphatic rings. The summed E-state index contributed by atoms with van der Waals surface area (Å²) in [4.78, 5) is 42.3. The number of fused-ring (bicyclic) bond motifs is 1. The number of hydrogen-bond donors (Lipinski definition) is 1. The maximum atomic E-state index is 14.0. The summed E-state index contributed by atoms with van der Waals surface area (Å²) in [6, 6.07) is 22.1. The molecule has 8 nitrogen and oxygen atoms in total. The molecule has 0 aromatic heterocycles. The Morgan fingerprint density at radius 3 is 2.33 bits per heavy atom. The largest absolute Gasteiger partial charge is 0.352 e. The summed E-state index contributed by atoms with van der Waals surface area (Å²) in [5.74, 6) is -1.13. The molecule has 1 heterocycles. The fraction of sp³-hybridized carbons (Fsp3) is 0.364. The monoisotopic (exact) mass is 621 g/mol. The van der Waals surface area contributed by atoms with Gasteiger partial charge in [-0.25, -0.2) is 12.7 Å². The summed E-state index contributed by atoms with van der Waals surface area (Å²) in [7, 11) is -3.98.